The summed E-state index contributed by atoms with van der Waals surface area (Å²) in [5.41, 5.74) is 2.72. The third-order valence-corrected chi connectivity index (χ3v) is 3.90. The lowest BCUT2D eigenvalue weighted by atomic mass is 9.89. The molecule has 0 aromatic heterocycles. The number of rotatable bonds is 4. The van der Waals surface area contributed by atoms with Gasteiger partial charge in [0.2, 0.25) is 5.91 Å². The predicted molar refractivity (Wildman–Crippen MR) is 75.9 cm³/mol. The molecule has 3 nitrogen and oxygen atoms in total. The first kappa shape index (κ1) is 14.1. The summed E-state index contributed by atoms with van der Waals surface area (Å²) in [6.45, 7) is 3.77. The lowest BCUT2D eigenvalue weighted by Crippen LogP contribution is -2.39. The summed E-state index contributed by atoms with van der Waals surface area (Å²) in [5.74, 6) is 0.775. The second-order valence-electron chi connectivity index (χ2n) is 5.49. The van der Waals surface area contributed by atoms with Crippen LogP contribution in [0.2, 0.25) is 0 Å². The molecule has 1 aliphatic rings. The van der Waals surface area contributed by atoms with E-state index in [1.165, 1.54) is 11.1 Å². The van der Waals surface area contributed by atoms with Crippen LogP contribution in [0.15, 0.2) is 24.3 Å². The SMILES string of the molecule is Cc1cccc(CC2CCN(C(=O)CCO)CC2)c1. The van der Waals surface area contributed by atoms with E-state index < -0.39 is 0 Å². The van der Waals surface area contributed by atoms with Gasteiger partial charge in [0.15, 0.2) is 0 Å². The summed E-state index contributed by atoms with van der Waals surface area (Å²) in [6, 6.07) is 8.68. The van der Waals surface area contributed by atoms with Gasteiger partial charge in [0.25, 0.3) is 0 Å². The van der Waals surface area contributed by atoms with Crippen LogP contribution in [0, 0.1) is 12.8 Å². The number of hydrogen-bond donors (Lipinski definition) is 1. The molecule has 0 radical (unpaired) electrons. The highest BCUT2D eigenvalue weighted by Gasteiger charge is 2.22. The molecule has 3 heteroatoms. The fourth-order valence-corrected chi connectivity index (χ4v) is 2.81. The second-order valence-corrected chi connectivity index (χ2v) is 5.49. The Morgan fingerprint density at radius 3 is 2.74 bits per heavy atom. The third-order valence-electron chi connectivity index (χ3n) is 3.90. The number of hydrogen-bond acceptors (Lipinski definition) is 2. The van der Waals surface area contributed by atoms with Gasteiger partial charge in [-0.15, -0.1) is 0 Å². The molecule has 19 heavy (non-hydrogen) atoms. The van der Waals surface area contributed by atoms with Crippen molar-refractivity contribution in [1.29, 1.82) is 0 Å². The first-order chi connectivity index (χ1) is 9.19. The summed E-state index contributed by atoms with van der Waals surface area (Å²) in [4.78, 5) is 13.6. The monoisotopic (exact) mass is 261 g/mol. The first-order valence-electron chi connectivity index (χ1n) is 7.13. The van der Waals surface area contributed by atoms with Gasteiger partial charge in [-0.25, -0.2) is 0 Å². The van der Waals surface area contributed by atoms with E-state index >= 15 is 0 Å². The topological polar surface area (TPSA) is 40.5 Å². The van der Waals surface area contributed by atoms with E-state index in [-0.39, 0.29) is 18.9 Å². The Balaban J connectivity index is 1.82. The van der Waals surface area contributed by atoms with Gasteiger partial charge in [0, 0.05) is 19.5 Å². The van der Waals surface area contributed by atoms with Gasteiger partial charge < -0.3 is 10.0 Å². The summed E-state index contributed by atoms with van der Waals surface area (Å²) in [6.07, 6.45) is 3.53. The molecule has 0 spiro atoms. The number of benzene rings is 1. The number of aliphatic hydroxyl groups excluding tert-OH is 1. The molecule has 1 amide bonds. The maximum absolute atomic E-state index is 11.7. The largest absolute Gasteiger partial charge is 0.396 e. The van der Waals surface area contributed by atoms with Crippen molar-refractivity contribution in [3.05, 3.63) is 35.4 Å². The zero-order valence-electron chi connectivity index (χ0n) is 11.6. The number of nitrogens with zero attached hydrogens (tertiary/aromatic N) is 1. The van der Waals surface area contributed by atoms with Gasteiger partial charge in [0.1, 0.15) is 0 Å². The van der Waals surface area contributed by atoms with E-state index in [4.69, 9.17) is 5.11 Å². The molecule has 1 aromatic carbocycles. The Labute approximate surface area is 115 Å². The zero-order chi connectivity index (χ0) is 13.7. The number of carbonyl (C=O) groups excluding carboxylic acids is 1. The fourth-order valence-electron chi connectivity index (χ4n) is 2.81. The summed E-state index contributed by atoms with van der Waals surface area (Å²) >= 11 is 0. The molecule has 0 saturated carbocycles. The maximum atomic E-state index is 11.7. The second kappa shape index (κ2) is 6.71. The number of amides is 1. The van der Waals surface area contributed by atoms with Crippen LogP contribution in [0.4, 0.5) is 0 Å². The van der Waals surface area contributed by atoms with Crippen LogP contribution in [0.5, 0.6) is 0 Å². The molecular formula is C16H23NO2. The molecule has 1 N–H and O–H groups in total. The van der Waals surface area contributed by atoms with Crippen molar-refractivity contribution in [3.8, 4) is 0 Å². The van der Waals surface area contributed by atoms with Crippen molar-refractivity contribution in [2.75, 3.05) is 19.7 Å². The van der Waals surface area contributed by atoms with Gasteiger partial charge in [0.05, 0.1) is 6.61 Å². The van der Waals surface area contributed by atoms with Crippen molar-refractivity contribution in [1.82, 2.24) is 4.90 Å². The average Bonchev–Trinajstić information content (AvgIpc) is 2.40. The van der Waals surface area contributed by atoms with E-state index in [1.54, 1.807) is 0 Å². The van der Waals surface area contributed by atoms with Crippen molar-refractivity contribution in [3.63, 3.8) is 0 Å². The summed E-state index contributed by atoms with van der Waals surface area (Å²) in [7, 11) is 0. The molecule has 2 rings (SSSR count). The van der Waals surface area contributed by atoms with Crippen molar-refractivity contribution in [2.45, 2.75) is 32.6 Å². The first-order valence-corrected chi connectivity index (χ1v) is 7.13. The molecule has 1 heterocycles. The molecular weight excluding hydrogens is 238 g/mol. The number of carbonyl (C=O) groups is 1. The minimum absolute atomic E-state index is 0.0396. The maximum Gasteiger partial charge on any atom is 0.224 e. The Morgan fingerprint density at radius 2 is 2.11 bits per heavy atom. The smallest absolute Gasteiger partial charge is 0.224 e. The number of aliphatic hydroxyl groups is 1. The van der Waals surface area contributed by atoms with Crippen LogP contribution < -0.4 is 0 Å². The van der Waals surface area contributed by atoms with Crippen LogP contribution in [0.3, 0.4) is 0 Å². The Bertz CT molecular complexity index is 423. The van der Waals surface area contributed by atoms with Crippen LogP contribution in [0.1, 0.15) is 30.4 Å². The predicted octanol–water partition coefficient (Wildman–Crippen LogP) is 2.16. The minimum atomic E-state index is -0.0396. The lowest BCUT2D eigenvalue weighted by molar-refractivity contribution is -0.133. The Kier molecular flexibility index (Phi) is 4.97. The summed E-state index contributed by atoms with van der Waals surface area (Å²) < 4.78 is 0. The van der Waals surface area contributed by atoms with Crippen molar-refractivity contribution < 1.29 is 9.90 Å². The number of aryl methyl sites for hydroxylation is 1. The molecule has 0 unspecified atom stereocenters. The van der Waals surface area contributed by atoms with Gasteiger partial charge >= 0.3 is 0 Å². The molecule has 104 valence electrons. The van der Waals surface area contributed by atoms with Crippen LogP contribution >= 0.6 is 0 Å². The highest BCUT2D eigenvalue weighted by Crippen LogP contribution is 2.22. The van der Waals surface area contributed by atoms with Crippen molar-refractivity contribution >= 4 is 5.91 Å². The lowest BCUT2D eigenvalue weighted by Gasteiger charge is -2.32. The molecule has 1 fully saturated rings. The molecule has 1 aromatic rings. The zero-order valence-corrected chi connectivity index (χ0v) is 11.6. The standard InChI is InChI=1S/C16H23NO2/c1-13-3-2-4-15(11-13)12-14-5-8-17(9-6-14)16(19)7-10-18/h2-4,11,14,18H,5-10,12H2,1H3. The Morgan fingerprint density at radius 1 is 1.37 bits per heavy atom. The third kappa shape index (κ3) is 4.06. The molecule has 1 saturated heterocycles. The van der Waals surface area contributed by atoms with Crippen LogP contribution in [-0.2, 0) is 11.2 Å². The van der Waals surface area contributed by atoms with Gasteiger partial charge in [-0.1, -0.05) is 29.8 Å². The Hall–Kier alpha value is -1.35. The quantitative estimate of drug-likeness (QED) is 0.902. The van der Waals surface area contributed by atoms with E-state index in [9.17, 15) is 4.79 Å². The van der Waals surface area contributed by atoms with Gasteiger partial charge in [-0.3, -0.25) is 4.79 Å². The highest BCUT2D eigenvalue weighted by molar-refractivity contribution is 5.76. The normalized spacial score (nSPS) is 16.6. The average molecular weight is 261 g/mol. The molecule has 0 bridgehead atoms. The van der Waals surface area contributed by atoms with E-state index in [0.717, 1.165) is 32.4 Å². The van der Waals surface area contributed by atoms with Crippen LogP contribution in [0.25, 0.3) is 0 Å². The van der Waals surface area contributed by atoms with E-state index in [0.29, 0.717) is 5.92 Å². The van der Waals surface area contributed by atoms with E-state index in [2.05, 4.69) is 31.2 Å². The summed E-state index contributed by atoms with van der Waals surface area (Å²) in [5, 5.41) is 8.79. The fraction of sp³-hybridized carbons (Fsp3) is 0.562. The van der Waals surface area contributed by atoms with Gasteiger partial charge in [-0.05, 0) is 37.7 Å². The number of piperidine rings is 1. The van der Waals surface area contributed by atoms with Gasteiger partial charge in [-0.2, -0.15) is 0 Å². The van der Waals surface area contributed by atoms with Crippen LogP contribution in [-0.4, -0.2) is 35.6 Å². The van der Waals surface area contributed by atoms with Crippen molar-refractivity contribution in [2.24, 2.45) is 5.92 Å². The molecule has 1 aliphatic heterocycles. The minimum Gasteiger partial charge on any atom is -0.396 e. The van der Waals surface area contributed by atoms with E-state index in [1.807, 2.05) is 4.90 Å². The molecule has 0 aliphatic carbocycles. The highest BCUT2D eigenvalue weighted by atomic mass is 16.3. The molecule has 0 atom stereocenters. The number of likely N-dealkylation sites (tertiary alicyclic amines) is 1.